The molecule has 0 atom stereocenters. The van der Waals surface area contributed by atoms with Gasteiger partial charge in [-0.2, -0.15) is 0 Å². The number of aromatic nitrogens is 2. The van der Waals surface area contributed by atoms with E-state index in [4.69, 9.17) is 5.73 Å². The highest BCUT2D eigenvalue weighted by Gasteiger charge is 2.05. The maximum Gasteiger partial charge on any atom is 0.258 e. The summed E-state index contributed by atoms with van der Waals surface area (Å²) < 4.78 is 0. The van der Waals surface area contributed by atoms with E-state index in [1.54, 1.807) is 6.07 Å². The molecule has 0 radical (unpaired) electrons. The molecule has 3 aromatic rings. The maximum atomic E-state index is 11.9. The van der Waals surface area contributed by atoms with Crippen molar-refractivity contribution in [1.29, 1.82) is 0 Å². The first kappa shape index (κ1) is 11.5. The summed E-state index contributed by atoms with van der Waals surface area (Å²) in [5, 5.41) is 0.604. The van der Waals surface area contributed by atoms with Crippen molar-refractivity contribution in [3.8, 4) is 0 Å². The lowest BCUT2D eigenvalue weighted by atomic mass is 10.1. The zero-order chi connectivity index (χ0) is 13.2. The number of hydrogen-bond acceptors (Lipinski definition) is 3. The number of anilines is 1. The number of para-hydroxylation sites is 2. The number of nitrogens with one attached hydrogen (secondary N) is 1. The van der Waals surface area contributed by atoms with Crippen molar-refractivity contribution >= 4 is 16.6 Å². The molecular formula is C15H13N3O. The van der Waals surface area contributed by atoms with E-state index in [0.29, 0.717) is 28.8 Å². The molecular weight excluding hydrogens is 238 g/mol. The summed E-state index contributed by atoms with van der Waals surface area (Å²) in [7, 11) is 0. The molecule has 3 N–H and O–H groups in total. The first-order valence-electron chi connectivity index (χ1n) is 6.05. The van der Waals surface area contributed by atoms with Crippen LogP contribution in [0.5, 0.6) is 0 Å². The minimum absolute atomic E-state index is 0.116. The molecule has 0 saturated carbocycles. The molecule has 1 heterocycles. The van der Waals surface area contributed by atoms with Crippen LogP contribution in [0.25, 0.3) is 10.9 Å². The van der Waals surface area contributed by atoms with Gasteiger partial charge in [0.2, 0.25) is 0 Å². The Kier molecular flexibility index (Phi) is 2.76. The largest absolute Gasteiger partial charge is 0.398 e. The van der Waals surface area contributed by atoms with Crippen molar-refractivity contribution in [3.63, 3.8) is 0 Å². The second kappa shape index (κ2) is 4.57. The Bertz CT molecular complexity index is 792. The van der Waals surface area contributed by atoms with Gasteiger partial charge in [0.15, 0.2) is 0 Å². The van der Waals surface area contributed by atoms with Gasteiger partial charge >= 0.3 is 0 Å². The monoisotopic (exact) mass is 251 g/mol. The van der Waals surface area contributed by atoms with Crippen molar-refractivity contribution in [3.05, 3.63) is 70.3 Å². The Labute approximate surface area is 109 Å². The lowest BCUT2D eigenvalue weighted by molar-refractivity contribution is 0.975. The van der Waals surface area contributed by atoms with Crippen molar-refractivity contribution in [2.24, 2.45) is 0 Å². The van der Waals surface area contributed by atoms with Gasteiger partial charge in [0.25, 0.3) is 5.56 Å². The molecule has 19 heavy (non-hydrogen) atoms. The van der Waals surface area contributed by atoms with Crippen LogP contribution in [0.2, 0.25) is 0 Å². The van der Waals surface area contributed by atoms with E-state index in [1.807, 2.05) is 42.5 Å². The summed E-state index contributed by atoms with van der Waals surface area (Å²) in [6.45, 7) is 0. The van der Waals surface area contributed by atoms with Crippen molar-refractivity contribution in [2.75, 3.05) is 5.73 Å². The molecule has 4 heteroatoms. The number of benzene rings is 2. The molecule has 2 aromatic carbocycles. The van der Waals surface area contributed by atoms with E-state index < -0.39 is 0 Å². The predicted octanol–water partition coefficient (Wildman–Crippen LogP) is 2.10. The highest BCUT2D eigenvalue weighted by atomic mass is 16.1. The Morgan fingerprint density at radius 1 is 1.05 bits per heavy atom. The molecule has 0 aliphatic heterocycles. The number of nitrogen functional groups attached to an aromatic ring is 1. The number of nitrogens with zero attached hydrogens (tertiary/aromatic N) is 1. The molecule has 3 rings (SSSR count). The Morgan fingerprint density at radius 3 is 2.63 bits per heavy atom. The van der Waals surface area contributed by atoms with Crippen LogP contribution in [0.3, 0.4) is 0 Å². The molecule has 0 saturated heterocycles. The minimum Gasteiger partial charge on any atom is -0.398 e. The van der Waals surface area contributed by atoms with Gasteiger partial charge in [-0.1, -0.05) is 30.3 Å². The third-order valence-corrected chi connectivity index (χ3v) is 3.07. The number of fused-ring (bicyclic) bond motifs is 1. The second-order valence-electron chi connectivity index (χ2n) is 4.41. The zero-order valence-electron chi connectivity index (χ0n) is 10.3. The topological polar surface area (TPSA) is 71.8 Å². The Hall–Kier alpha value is -2.62. The number of hydrogen-bond donors (Lipinski definition) is 2. The van der Waals surface area contributed by atoms with Gasteiger partial charge in [-0.05, 0) is 23.8 Å². The van der Waals surface area contributed by atoms with Crippen LogP contribution in [-0.2, 0) is 6.42 Å². The molecule has 0 spiro atoms. The Balaban J connectivity index is 2.07. The van der Waals surface area contributed by atoms with E-state index >= 15 is 0 Å². The third kappa shape index (κ3) is 2.20. The molecule has 0 amide bonds. The normalized spacial score (nSPS) is 10.7. The molecule has 0 bridgehead atoms. The lowest BCUT2D eigenvalue weighted by Gasteiger charge is -2.05. The average Bonchev–Trinajstić information content (AvgIpc) is 2.42. The van der Waals surface area contributed by atoms with Crippen LogP contribution in [0.1, 0.15) is 11.4 Å². The highest BCUT2D eigenvalue weighted by molar-refractivity contribution is 5.77. The fraction of sp³-hybridized carbons (Fsp3) is 0.0667. The van der Waals surface area contributed by atoms with Crippen molar-refractivity contribution in [1.82, 2.24) is 9.97 Å². The second-order valence-corrected chi connectivity index (χ2v) is 4.41. The number of H-pyrrole nitrogens is 1. The van der Waals surface area contributed by atoms with Gasteiger partial charge in [-0.15, -0.1) is 0 Å². The van der Waals surface area contributed by atoms with Crippen LogP contribution < -0.4 is 11.3 Å². The number of aromatic amines is 1. The van der Waals surface area contributed by atoms with Crippen LogP contribution in [0.15, 0.2) is 53.3 Å². The van der Waals surface area contributed by atoms with E-state index in [0.717, 1.165) is 5.56 Å². The average molecular weight is 251 g/mol. The molecule has 1 aromatic heterocycles. The van der Waals surface area contributed by atoms with E-state index in [1.165, 1.54) is 0 Å². The number of rotatable bonds is 2. The SMILES string of the molecule is Nc1ccccc1Cc1nc2ccccc2c(=O)[nH]1. The predicted molar refractivity (Wildman–Crippen MR) is 76.0 cm³/mol. The van der Waals surface area contributed by atoms with Crippen LogP contribution in [0, 0.1) is 0 Å². The summed E-state index contributed by atoms with van der Waals surface area (Å²) in [4.78, 5) is 19.2. The summed E-state index contributed by atoms with van der Waals surface area (Å²) in [6, 6.07) is 14.9. The maximum absolute atomic E-state index is 11.9. The summed E-state index contributed by atoms with van der Waals surface area (Å²) in [6.07, 6.45) is 0.521. The zero-order valence-corrected chi connectivity index (χ0v) is 10.3. The molecule has 0 fully saturated rings. The lowest BCUT2D eigenvalue weighted by Crippen LogP contribution is -2.12. The van der Waals surface area contributed by atoms with Gasteiger partial charge in [0, 0.05) is 12.1 Å². The van der Waals surface area contributed by atoms with Gasteiger partial charge in [-0.25, -0.2) is 4.98 Å². The molecule has 0 unspecified atom stereocenters. The van der Waals surface area contributed by atoms with Crippen LogP contribution in [-0.4, -0.2) is 9.97 Å². The van der Waals surface area contributed by atoms with Crippen molar-refractivity contribution < 1.29 is 0 Å². The van der Waals surface area contributed by atoms with Gasteiger partial charge < -0.3 is 10.7 Å². The summed E-state index contributed by atoms with van der Waals surface area (Å²) in [5.41, 5.74) is 8.15. The quantitative estimate of drug-likeness (QED) is 0.685. The first-order chi connectivity index (χ1) is 9.24. The van der Waals surface area contributed by atoms with E-state index in [-0.39, 0.29) is 5.56 Å². The third-order valence-electron chi connectivity index (χ3n) is 3.07. The van der Waals surface area contributed by atoms with Crippen LogP contribution >= 0.6 is 0 Å². The molecule has 94 valence electrons. The smallest absolute Gasteiger partial charge is 0.258 e. The number of nitrogens with two attached hydrogens (primary N) is 1. The summed E-state index contributed by atoms with van der Waals surface area (Å²) >= 11 is 0. The fourth-order valence-electron chi connectivity index (χ4n) is 2.09. The standard InChI is InChI=1S/C15H13N3O/c16-12-7-3-1-5-10(12)9-14-17-13-8-4-2-6-11(13)15(19)18-14/h1-8H,9,16H2,(H,17,18,19). The van der Waals surface area contributed by atoms with E-state index in [9.17, 15) is 4.79 Å². The first-order valence-corrected chi connectivity index (χ1v) is 6.05. The molecule has 4 nitrogen and oxygen atoms in total. The van der Waals surface area contributed by atoms with Crippen LogP contribution in [0.4, 0.5) is 5.69 Å². The van der Waals surface area contributed by atoms with Gasteiger partial charge in [0.05, 0.1) is 10.9 Å². The van der Waals surface area contributed by atoms with E-state index in [2.05, 4.69) is 9.97 Å². The highest BCUT2D eigenvalue weighted by Crippen LogP contribution is 2.14. The summed E-state index contributed by atoms with van der Waals surface area (Å²) in [5.74, 6) is 0.626. The fourth-order valence-corrected chi connectivity index (χ4v) is 2.09. The molecule has 0 aliphatic rings. The minimum atomic E-state index is -0.116. The molecule has 0 aliphatic carbocycles. The van der Waals surface area contributed by atoms with Crippen molar-refractivity contribution in [2.45, 2.75) is 6.42 Å². The van der Waals surface area contributed by atoms with Gasteiger partial charge in [-0.3, -0.25) is 4.79 Å². The Morgan fingerprint density at radius 2 is 1.79 bits per heavy atom. The van der Waals surface area contributed by atoms with Gasteiger partial charge in [0.1, 0.15) is 5.82 Å².